The first-order chi connectivity index (χ1) is 9.51. The Labute approximate surface area is 118 Å². The molecule has 0 aliphatic heterocycles. The average Bonchev–Trinajstić information content (AvgIpc) is 2.38. The van der Waals surface area contributed by atoms with Crippen LogP contribution in [0.5, 0.6) is 0 Å². The Hall–Kier alpha value is -2.10. The van der Waals surface area contributed by atoms with E-state index in [1.165, 1.54) is 0 Å². The highest BCUT2D eigenvalue weighted by atomic mass is 16.1. The van der Waals surface area contributed by atoms with E-state index in [9.17, 15) is 9.59 Å². The highest BCUT2D eigenvalue weighted by Gasteiger charge is 2.09. The Kier molecular flexibility index (Phi) is 4.23. The van der Waals surface area contributed by atoms with Crippen molar-refractivity contribution in [3.63, 3.8) is 0 Å². The molecule has 0 unspecified atom stereocenters. The van der Waals surface area contributed by atoms with Gasteiger partial charge in [0, 0.05) is 23.1 Å². The molecule has 0 aliphatic rings. The molecule has 0 aliphatic carbocycles. The number of nitrogens with one attached hydrogen (secondary N) is 2. The predicted octanol–water partition coefficient (Wildman–Crippen LogP) is 3.08. The maximum atomic E-state index is 11.7. The second-order valence-corrected chi connectivity index (χ2v) is 5.31. The molecule has 1 aromatic heterocycles. The van der Waals surface area contributed by atoms with Gasteiger partial charge in [0.15, 0.2) is 0 Å². The summed E-state index contributed by atoms with van der Waals surface area (Å²) in [6.45, 7) is 5.78. The lowest BCUT2D eigenvalue weighted by Gasteiger charge is -2.10. The second-order valence-electron chi connectivity index (χ2n) is 5.31. The molecular weight excluding hydrogens is 252 g/mol. The van der Waals surface area contributed by atoms with Crippen LogP contribution in [0.15, 0.2) is 29.1 Å². The predicted molar refractivity (Wildman–Crippen MR) is 82.0 cm³/mol. The van der Waals surface area contributed by atoms with Crippen LogP contribution in [0.4, 0.5) is 5.69 Å². The van der Waals surface area contributed by atoms with Crippen molar-refractivity contribution in [2.24, 2.45) is 5.92 Å². The summed E-state index contributed by atoms with van der Waals surface area (Å²) in [4.78, 5) is 26.2. The van der Waals surface area contributed by atoms with Gasteiger partial charge in [0.05, 0.1) is 5.52 Å². The molecule has 1 amide bonds. The first kappa shape index (κ1) is 14.3. The summed E-state index contributed by atoms with van der Waals surface area (Å²) < 4.78 is 0. The standard InChI is InChI=1S/C16H20N2O2/c1-4-5-11-8-15(19)18-14-9-12(6-7-13(11)14)17-16(20)10(2)3/h6-10H,4-5H2,1-3H3,(H,17,20)(H,18,19). The number of rotatable bonds is 4. The number of anilines is 1. The van der Waals surface area contributed by atoms with Gasteiger partial charge in [0.25, 0.3) is 0 Å². The van der Waals surface area contributed by atoms with Crippen LogP contribution in [-0.4, -0.2) is 10.9 Å². The average molecular weight is 272 g/mol. The minimum absolute atomic E-state index is 0.0311. The molecule has 0 fully saturated rings. The summed E-state index contributed by atoms with van der Waals surface area (Å²) in [6.07, 6.45) is 1.86. The highest BCUT2D eigenvalue weighted by Crippen LogP contribution is 2.21. The second kappa shape index (κ2) is 5.90. The maximum Gasteiger partial charge on any atom is 0.248 e. The topological polar surface area (TPSA) is 62.0 Å². The zero-order chi connectivity index (χ0) is 14.7. The smallest absolute Gasteiger partial charge is 0.248 e. The number of aryl methyl sites for hydroxylation is 1. The molecule has 0 atom stereocenters. The monoisotopic (exact) mass is 272 g/mol. The SMILES string of the molecule is CCCc1cc(=O)[nH]c2cc(NC(=O)C(C)C)ccc12. The van der Waals surface area contributed by atoms with Crippen LogP contribution < -0.4 is 10.9 Å². The molecule has 0 radical (unpaired) electrons. The normalized spacial score (nSPS) is 11.0. The Morgan fingerprint density at radius 3 is 2.70 bits per heavy atom. The van der Waals surface area contributed by atoms with Gasteiger partial charge in [-0.15, -0.1) is 0 Å². The number of H-pyrrole nitrogens is 1. The van der Waals surface area contributed by atoms with E-state index in [0.717, 1.165) is 29.3 Å². The Morgan fingerprint density at radius 2 is 2.05 bits per heavy atom. The van der Waals surface area contributed by atoms with Gasteiger partial charge >= 0.3 is 0 Å². The lowest BCUT2D eigenvalue weighted by atomic mass is 10.0. The minimum Gasteiger partial charge on any atom is -0.326 e. The summed E-state index contributed by atoms with van der Waals surface area (Å²) >= 11 is 0. The van der Waals surface area contributed by atoms with Gasteiger partial charge < -0.3 is 10.3 Å². The summed E-state index contributed by atoms with van der Waals surface area (Å²) in [5, 5.41) is 3.88. The van der Waals surface area contributed by atoms with Crippen molar-refractivity contribution in [1.82, 2.24) is 4.98 Å². The number of hydrogen-bond donors (Lipinski definition) is 2. The third-order valence-electron chi connectivity index (χ3n) is 3.24. The molecule has 20 heavy (non-hydrogen) atoms. The third-order valence-corrected chi connectivity index (χ3v) is 3.24. The number of amides is 1. The van der Waals surface area contributed by atoms with Gasteiger partial charge in [-0.1, -0.05) is 33.3 Å². The van der Waals surface area contributed by atoms with E-state index in [1.54, 1.807) is 6.07 Å². The van der Waals surface area contributed by atoms with E-state index in [1.807, 2.05) is 32.0 Å². The van der Waals surface area contributed by atoms with Crippen molar-refractivity contribution in [2.75, 3.05) is 5.32 Å². The van der Waals surface area contributed by atoms with E-state index in [2.05, 4.69) is 17.2 Å². The summed E-state index contributed by atoms with van der Waals surface area (Å²) in [7, 11) is 0. The largest absolute Gasteiger partial charge is 0.326 e. The summed E-state index contributed by atoms with van der Waals surface area (Å²) in [6, 6.07) is 7.29. The molecule has 2 rings (SSSR count). The highest BCUT2D eigenvalue weighted by molar-refractivity contribution is 5.95. The van der Waals surface area contributed by atoms with E-state index in [4.69, 9.17) is 0 Å². The van der Waals surface area contributed by atoms with Gasteiger partial charge in [0.1, 0.15) is 0 Å². The van der Waals surface area contributed by atoms with Crippen LogP contribution in [0.2, 0.25) is 0 Å². The number of hydrogen-bond acceptors (Lipinski definition) is 2. The number of carbonyl (C=O) groups is 1. The Morgan fingerprint density at radius 1 is 1.30 bits per heavy atom. The summed E-state index contributed by atoms with van der Waals surface area (Å²) in [5.41, 5.74) is 2.42. The molecule has 2 N–H and O–H groups in total. The van der Waals surface area contributed by atoms with Crippen LogP contribution >= 0.6 is 0 Å². The zero-order valence-electron chi connectivity index (χ0n) is 12.1. The first-order valence-corrected chi connectivity index (χ1v) is 6.98. The Bertz CT molecular complexity index is 686. The number of pyridine rings is 1. The van der Waals surface area contributed by atoms with E-state index < -0.39 is 0 Å². The molecule has 1 heterocycles. The fourth-order valence-electron chi connectivity index (χ4n) is 2.17. The van der Waals surface area contributed by atoms with Crippen molar-refractivity contribution in [3.05, 3.63) is 40.2 Å². The quantitative estimate of drug-likeness (QED) is 0.898. The molecule has 2 aromatic rings. The van der Waals surface area contributed by atoms with Gasteiger partial charge in [-0.2, -0.15) is 0 Å². The number of aromatic nitrogens is 1. The van der Waals surface area contributed by atoms with Crippen molar-refractivity contribution in [3.8, 4) is 0 Å². The van der Waals surface area contributed by atoms with Crippen molar-refractivity contribution >= 4 is 22.5 Å². The van der Waals surface area contributed by atoms with E-state index in [-0.39, 0.29) is 17.4 Å². The van der Waals surface area contributed by atoms with Crippen LogP contribution in [0.1, 0.15) is 32.8 Å². The van der Waals surface area contributed by atoms with Gasteiger partial charge in [-0.05, 0) is 24.1 Å². The fraction of sp³-hybridized carbons (Fsp3) is 0.375. The fourth-order valence-corrected chi connectivity index (χ4v) is 2.17. The van der Waals surface area contributed by atoms with Crippen LogP contribution in [0.3, 0.4) is 0 Å². The molecule has 0 saturated heterocycles. The number of fused-ring (bicyclic) bond motifs is 1. The van der Waals surface area contributed by atoms with Crippen LogP contribution in [-0.2, 0) is 11.2 Å². The van der Waals surface area contributed by atoms with Gasteiger partial charge in [-0.25, -0.2) is 0 Å². The van der Waals surface area contributed by atoms with Crippen molar-refractivity contribution < 1.29 is 4.79 Å². The van der Waals surface area contributed by atoms with Gasteiger partial charge in [0.2, 0.25) is 11.5 Å². The van der Waals surface area contributed by atoms with E-state index >= 15 is 0 Å². The molecule has 0 bridgehead atoms. The molecule has 1 aromatic carbocycles. The number of carbonyl (C=O) groups excluding carboxylic acids is 1. The molecular formula is C16H20N2O2. The molecule has 4 heteroatoms. The number of aromatic amines is 1. The molecule has 0 spiro atoms. The first-order valence-electron chi connectivity index (χ1n) is 6.98. The minimum atomic E-state index is -0.103. The Balaban J connectivity index is 2.44. The molecule has 106 valence electrons. The van der Waals surface area contributed by atoms with Crippen molar-refractivity contribution in [2.45, 2.75) is 33.6 Å². The van der Waals surface area contributed by atoms with Crippen LogP contribution in [0, 0.1) is 5.92 Å². The zero-order valence-corrected chi connectivity index (χ0v) is 12.1. The van der Waals surface area contributed by atoms with E-state index in [0.29, 0.717) is 5.69 Å². The van der Waals surface area contributed by atoms with Crippen molar-refractivity contribution in [1.29, 1.82) is 0 Å². The maximum absolute atomic E-state index is 11.7. The molecule has 4 nitrogen and oxygen atoms in total. The van der Waals surface area contributed by atoms with Gasteiger partial charge in [-0.3, -0.25) is 9.59 Å². The van der Waals surface area contributed by atoms with Crippen LogP contribution in [0.25, 0.3) is 10.9 Å². The lowest BCUT2D eigenvalue weighted by molar-refractivity contribution is -0.118. The summed E-state index contributed by atoms with van der Waals surface area (Å²) in [5.74, 6) is -0.104. The molecule has 0 saturated carbocycles. The number of benzene rings is 1. The lowest BCUT2D eigenvalue weighted by Crippen LogP contribution is -2.17. The third kappa shape index (κ3) is 3.07.